The third kappa shape index (κ3) is 5.71. The predicted octanol–water partition coefficient (Wildman–Crippen LogP) is 3.01. The highest BCUT2D eigenvalue weighted by Crippen LogP contribution is 2.33. The van der Waals surface area contributed by atoms with E-state index in [0.717, 1.165) is 49.5 Å². The smallest absolute Gasteiger partial charge is 0.475 e. The van der Waals surface area contributed by atoms with Crippen molar-refractivity contribution < 1.29 is 32.7 Å². The number of aromatic nitrogens is 3. The van der Waals surface area contributed by atoms with Gasteiger partial charge in [0.15, 0.2) is 5.69 Å². The third-order valence-electron chi connectivity index (χ3n) is 6.57. The molecule has 0 aromatic carbocycles. The number of nitrogens with zero attached hydrogens (tertiary/aromatic N) is 6. The molecule has 5 rings (SSSR count). The highest BCUT2D eigenvalue weighted by molar-refractivity contribution is 5.99. The number of rotatable bonds is 3. The quantitative estimate of drug-likeness (QED) is 0.552. The Morgan fingerprint density at radius 1 is 1.00 bits per heavy atom. The summed E-state index contributed by atoms with van der Waals surface area (Å²) in [7, 11) is 0. The number of carboxylic acids is 1. The Labute approximate surface area is 216 Å². The fourth-order valence-corrected chi connectivity index (χ4v) is 4.74. The number of halogens is 3. The molecule has 2 saturated heterocycles. The molecule has 2 fully saturated rings. The van der Waals surface area contributed by atoms with Crippen LogP contribution in [-0.2, 0) is 9.59 Å². The molecule has 202 valence electrons. The summed E-state index contributed by atoms with van der Waals surface area (Å²) in [5, 5.41) is 7.12. The van der Waals surface area contributed by atoms with Gasteiger partial charge in [-0.05, 0) is 37.1 Å². The number of carboxylic acid groups (broad SMARTS) is 1. The van der Waals surface area contributed by atoms with Crippen LogP contribution in [0.5, 0.6) is 0 Å². The van der Waals surface area contributed by atoms with Crippen molar-refractivity contribution >= 4 is 29.0 Å². The van der Waals surface area contributed by atoms with Crippen molar-refractivity contribution in [3.8, 4) is 0 Å². The summed E-state index contributed by atoms with van der Waals surface area (Å²) in [5.74, 6) is -1.97. The van der Waals surface area contributed by atoms with Crippen molar-refractivity contribution in [2.45, 2.75) is 32.0 Å². The molecule has 0 spiro atoms. The Kier molecular flexibility index (Phi) is 7.83. The van der Waals surface area contributed by atoms with Gasteiger partial charge in [0.05, 0.1) is 11.6 Å². The van der Waals surface area contributed by atoms with Crippen LogP contribution in [-0.4, -0.2) is 86.0 Å². The molecule has 0 bridgehead atoms. The number of alkyl halides is 3. The van der Waals surface area contributed by atoms with E-state index in [2.05, 4.69) is 9.88 Å². The monoisotopic (exact) mass is 532 g/mol. The summed E-state index contributed by atoms with van der Waals surface area (Å²) in [4.78, 5) is 49.4. The van der Waals surface area contributed by atoms with Gasteiger partial charge in [-0.2, -0.15) is 13.2 Å². The molecule has 3 aromatic rings. The van der Waals surface area contributed by atoms with Gasteiger partial charge in [-0.3, -0.25) is 14.6 Å². The first kappa shape index (κ1) is 26.9. The van der Waals surface area contributed by atoms with Crippen LogP contribution in [0.4, 0.5) is 18.9 Å². The summed E-state index contributed by atoms with van der Waals surface area (Å²) < 4.78 is 33.7. The zero-order chi connectivity index (χ0) is 27.4. The number of anilines is 1. The van der Waals surface area contributed by atoms with Crippen molar-refractivity contribution in [3.63, 3.8) is 0 Å². The van der Waals surface area contributed by atoms with Gasteiger partial charge in [-0.15, -0.1) is 0 Å². The van der Waals surface area contributed by atoms with Gasteiger partial charge in [0.1, 0.15) is 5.82 Å². The minimum atomic E-state index is -5.08. The van der Waals surface area contributed by atoms with E-state index in [9.17, 15) is 22.8 Å². The highest BCUT2D eigenvalue weighted by atomic mass is 19.4. The first-order valence-electron chi connectivity index (χ1n) is 12.1. The van der Waals surface area contributed by atoms with Gasteiger partial charge in [0.2, 0.25) is 5.91 Å². The third-order valence-corrected chi connectivity index (χ3v) is 6.57. The van der Waals surface area contributed by atoms with E-state index in [4.69, 9.17) is 14.9 Å². The van der Waals surface area contributed by atoms with Gasteiger partial charge in [-0.25, -0.2) is 9.78 Å². The number of hydrogen-bond acceptors (Lipinski definition) is 6. The minimum Gasteiger partial charge on any atom is -0.475 e. The molecule has 3 aromatic heterocycles. The Morgan fingerprint density at radius 3 is 2.26 bits per heavy atom. The average Bonchev–Trinajstić information content (AvgIpc) is 3.54. The highest BCUT2D eigenvalue weighted by Gasteiger charge is 2.38. The van der Waals surface area contributed by atoms with Crippen molar-refractivity contribution in [2.24, 2.45) is 0 Å². The van der Waals surface area contributed by atoms with Crippen molar-refractivity contribution in [2.75, 3.05) is 37.6 Å². The molecule has 1 atom stereocenters. The summed E-state index contributed by atoms with van der Waals surface area (Å²) in [6.07, 6.45) is 2.25. The first-order chi connectivity index (χ1) is 18.1. The number of imidazole rings is 1. The summed E-state index contributed by atoms with van der Waals surface area (Å²) in [6, 6.07) is 9.70. The number of pyridine rings is 2. The molecule has 0 saturated carbocycles. The van der Waals surface area contributed by atoms with Crippen LogP contribution < -0.4 is 4.90 Å². The zero-order valence-corrected chi connectivity index (χ0v) is 20.6. The molecule has 0 aliphatic carbocycles. The average molecular weight is 533 g/mol. The van der Waals surface area contributed by atoms with Crippen molar-refractivity contribution in [1.29, 1.82) is 0 Å². The number of piperazine rings is 1. The lowest BCUT2D eigenvalue weighted by molar-refractivity contribution is -0.192. The first-order valence-corrected chi connectivity index (χ1v) is 12.1. The van der Waals surface area contributed by atoms with Gasteiger partial charge < -0.3 is 24.2 Å². The Morgan fingerprint density at radius 2 is 1.66 bits per heavy atom. The maximum absolute atomic E-state index is 13.4. The van der Waals surface area contributed by atoms with Crippen molar-refractivity contribution in [3.05, 3.63) is 60.4 Å². The number of amides is 2. The lowest BCUT2D eigenvalue weighted by Gasteiger charge is -2.35. The second-order valence-electron chi connectivity index (χ2n) is 8.93. The largest absolute Gasteiger partial charge is 0.490 e. The van der Waals surface area contributed by atoms with Gasteiger partial charge >= 0.3 is 12.1 Å². The van der Waals surface area contributed by atoms with E-state index in [1.807, 2.05) is 50.7 Å². The molecule has 1 unspecified atom stereocenters. The summed E-state index contributed by atoms with van der Waals surface area (Å²) >= 11 is 0. The van der Waals surface area contributed by atoms with E-state index in [1.165, 1.54) is 0 Å². The number of carbonyl (C=O) groups is 3. The van der Waals surface area contributed by atoms with E-state index >= 15 is 0 Å². The molecule has 2 aliphatic heterocycles. The predicted molar refractivity (Wildman–Crippen MR) is 131 cm³/mol. The van der Waals surface area contributed by atoms with E-state index in [-0.39, 0.29) is 17.9 Å². The van der Waals surface area contributed by atoms with E-state index < -0.39 is 12.1 Å². The lowest BCUT2D eigenvalue weighted by Crippen LogP contribution is -2.49. The van der Waals surface area contributed by atoms with Crippen LogP contribution >= 0.6 is 0 Å². The molecular formula is C25H27F3N6O4. The SMILES string of the molecule is CC(=O)N1CCCC1c1nc(C(=O)N2CCN(c3ccncc3)CC2)c2ccccn12.O=C(O)C(F)(F)F. The van der Waals surface area contributed by atoms with Crippen LogP contribution in [0.25, 0.3) is 5.52 Å². The zero-order valence-electron chi connectivity index (χ0n) is 20.6. The number of carbonyl (C=O) groups excluding carboxylic acids is 2. The number of hydrogen-bond donors (Lipinski definition) is 1. The Balaban J connectivity index is 0.000000426. The molecule has 0 radical (unpaired) electrons. The van der Waals surface area contributed by atoms with Crippen LogP contribution in [0.15, 0.2) is 48.9 Å². The number of likely N-dealkylation sites (tertiary alicyclic amines) is 1. The van der Waals surface area contributed by atoms with Crippen LogP contribution in [0.1, 0.15) is 42.1 Å². The normalized spacial score (nSPS) is 17.8. The maximum Gasteiger partial charge on any atom is 0.490 e. The fourth-order valence-electron chi connectivity index (χ4n) is 4.74. The molecule has 10 nitrogen and oxygen atoms in total. The standard InChI is InChI=1S/C23H26N6O2.C2HF3O2/c1-17(30)28-12-4-6-20(28)22-25-21(19-5-2-3-11-29(19)22)23(31)27-15-13-26(14-16-27)18-7-9-24-10-8-18;3-2(4,5)1(6)7/h2-3,5,7-11,20H,4,6,12-16H2,1H3;(H,6,7). The molecule has 5 heterocycles. The van der Waals surface area contributed by atoms with E-state index in [0.29, 0.717) is 18.8 Å². The minimum absolute atomic E-state index is 0.0447. The number of aliphatic carboxylic acids is 1. The molecular weight excluding hydrogens is 505 g/mol. The van der Waals surface area contributed by atoms with E-state index in [1.54, 1.807) is 19.3 Å². The topological polar surface area (TPSA) is 111 Å². The lowest BCUT2D eigenvalue weighted by atomic mass is 10.2. The van der Waals surface area contributed by atoms with Crippen LogP contribution in [0, 0.1) is 0 Å². The fraction of sp³-hybridized carbons (Fsp3) is 0.400. The van der Waals surface area contributed by atoms with Crippen molar-refractivity contribution in [1.82, 2.24) is 24.2 Å². The molecule has 2 amide bonds. The second-order valence-corrected chi connectivity index (χ2v) is 8.93. The van der Waals surface area contributed by atoms with Crippen LogP contribution in [0.2, 0.25) is 0 Å². The molecule has 1 N–H and O–H groups in total. The van der Waals surface area contributed by atoms with Crippen LogP contribution in [0.3, 0.4) is 0 Å². The van der Waals surface area contributed by atoms with Gasteiger partial charge in [0.25, 0.3) is 5.91 Å². The van der Waals surface area contributed by atoms with Gasteiger partial charge in [-0.1, -0.05) is 6.07 Å². The molecule has 38 heavy (non-hydrogen) atoms. The summed E-state index contributed by atoms with van der Waals surface area (Å²) in [6.45, 7) is 5.17. The maximum atomic E-state index is 13.4. The number of fused-ring (bicyclic) bond motifs is 1. The Bertz CT molecular complexity index is 1310. The summed E-state index contributed by atoms with van der Waals surface area (Å²) in [5.41, 5.74) is 2.40. The Hall–Kier alpha value is -4.16. The molecule has 13 heteroatoms. The molecule has 2 aliphatic rings. The van der Waals surface area contributed by atoms with Gasteiger partial charge in [0, 0.05) is 63.9 Å². The second kappa shape index (κ2) is 11.1.